The van der Waals surface area contributed by atoms with Crippen LogP contribution in [0.25, 0.3) is 0 Å². The summed E-state index contributed by atoms with van der Waals surface area (Å²) in [7, 11) is 0. The fraction of sp³-hybridized carbons (Fsp3) is 0.235. The maximum absolute atomic E-state index is 4.75. The van der Waals surface area contributed by atoms with E-state index < -0.39 is 0 Å². The zero-order valence-corrected chi connectivity index (χ0v) is 12.6. The quantitative estimate of drug-likeness (QED) is 0.842. The van der Waals surface area contributed by atoms with Crippen molar-refractivity contribution >= 4 is 29.7 Å². The monoisotopic (exact) mass is 299 g/mol. The Hall–Kier alpha value is -2.00. The van der Waals surface area contributed by atoms with Gasteiger partial charge in [0.1, 0.15) is 0 Å². The van der Waals surface area contributed by atoms with E-state index in [1.54, 1.807) is 0 Å². The van der Waals surface area contributed by atoms with Gasteiger partial charge < -0.3 is 9.80 Å². The van der Waals surface area contributed by atoms with E-state index in [1.807, 2.05) is 0 Å². The number of guanidine groups is 1. The Morgan fingerprint density at radius 3 is 2.43 bits per heavy atom. The highest BCUT2D eigenvalue weighted by Gasteiger charge is 2.33. The van der Waals surface area contributed by atoms with Crippen molar-refractivity contribution in [3.8, 4) is 0 Å². The first-order valence-corrected chi connectivity index (χ1v) is 7.16. The van der Waals surface area contributed by atoms with Crippen LogP contribution in [0.4, 0.5) is 11.4 Å². The highest BCUT2D eigenvalue weighted by Crippen LogP contribution is 2.38. The lowest BCUT2D eigenvalue weighted by molar-refractivity contribution is 0.784. The molecule has 4 heteroatoms. The highest BCUT2D eigenvalue weighted by atomic mass is 35.5. The first-order chi connectivity index (χ1) is 9.93. The maximum atomic E-state index is 4.75. The topological polar surface area (TPSA) is 18.8 Å². The van der Waals surface area contributed by atoms with Crippen molar-refractivity contribution in [2.45, 2.75) is 13.0 Å². The minimum Gasteiger partial charge on any atom is -0.310 e. The fourth-order valence-corrected chi connectivity index (χ4v) is 3.00. The van der Waals surface area contributed by atoms with E-state index >= 15 is 0 Å². The average Bonchev–Trinajstić information content (AvgIpc) is 2.84. The Morgan fingerprint density at radius 1 is 0.905 bits per heavy atom. The number of rotatable bonds is 2. The minimum absolute atomic E-state index is 0. The third-order valence-corrected chi connectivity index (χ3v) is 3.92. The summed E-state index contributed by atoms with van der Waals surface area (Å²) in [6, 6.07) is 19.2. The molecule has 0 aromatic heterocycles. The number of fused-ring (bicyclic) bond motifs is 3. The first-order valence-electron chi connectivity index (χ1n) is 7.16. The predicted octanol–water partition coefficient (Wildman–Crippen LogP) is 3.69. The summed E-state index contributed by atoms with van der Waals surface area (Å²) >= 11 is 0. The summed E-state index contributed by atoms with van der Waals surface area (Å²) in [5.41, 5.74) is 3.89. The highest BCUT2D eigenvalue weighted by molar-refractivity contribution is 6.16. The molecule has 0 fully saturated rings. The largest absolute Gasteiger partial charge is 0.310 e. The molecular formula is C17H18ClN3. The summed E-state index contributed by atoms with van der Waals surface area (Å²) in [4.78, 5) is 9.44. The summed E-state index contributed by atoms with van der Waals surface area (Å²) in [6.45, 7) is 2.89. The van der Waals surface area contributed by atoms with Crippen LogP contribution in [0.3, 0.4) is 0 Å². The molecule has 4 rings (SSSR count). The van der Waals surface area contributed by atoms with Crippen molar-refractivity contribution in [3.63, 3.8) is 0 Å². The molecule has 0 spiro atoms. The standard InChI is InChI=1S/C17H17N3.ClH/c1-2-7-14(8-3-1)13-20-16-10-5-4-9-15(16)19-12-6-11-18-17(19)20;/h1-5,7-10H,6,11-13H2;1H. The van der Waals surface area contributed by atoms with Crippen molar-refractivity contribution in [2.75, 3.05) is 22.9 Å². The molecule has 2 aliphatic heterocycles. The molecule has 108 valence electrons. The molecule has 0 bridgehead atoms. The third-order valence-electron chi connectivity index (χ3n) is 3.92. The van der Waals surface area contributed by atoms with Crippen molar-refractivity contribution in [1.82, 2.24) is 0 Å². The van der Waals surface area contributed by atoms with Gasteiger partial charge in [0.05, 0.1) is 17.9 Å². The van der Waals surface area contributed by atoms with Gasteiger partial charge in [0.15, 0.2) is 0 Å². The summed E-state index contributed by atoms with van der Waals surface area (Å²) < 4.78 is 0. The van der Waals surface area contributed by atoms with E-state index in [4.69, 9.17) is 4.99 Å². The molecular weight excluding hydrogens is 282 g/mol. The van der Waals surface area contributed by atoms with Crippen LogP contribution in [-0.4, -0.2) is 19.0 Å². The molecule has 0 unspecified atom stereocenters. The van der Waals surface area contributed by atoms with Crippen LogP contribution in [-0.2, 0) is 6.54 Å². The molecule has 2 aromatic rings. The van der Waals surface area contributed by atoms with Gasteiger partial charge in [-0.3, -0.25) is 4.99 Å². The number of hydrogen-bond donors (Lipinski definition) is 0. The Morgan fingerprint density at radius 2 is 1.62 bits per heavy atom. The lowest BCUT2D eigenvalue weighted by Crippen LogP contribution is -2.41. The van der Waals surface area contributed by atoms with Gasteiger partial charge in [-0.15, -0.1) is 12.4 Å². The van der Waals surface area contributed by atoms with Gasteiger partial charge in [-0.1, -0.05) is 42.5 Å². The van der Waals surface area contributed by atoms with E-state index in [2.05, 4.69) is 64.4 Å². The number of para-hydroxylation sites is 2. The molecule has 0 N–H and O–H groups in total. The van der Waals surface area contributed by atoms with E-state index in [-0.39, 0.29) is 12.4 Å². The molecule has 0 saturated heterocycles. The number of anilines is 2. The van der Waals surface area contributed by atoms with Gasteiger partial charge in [-0.05, 0) is 24.1 Å². The van der Waals surface area contributed by atoms with Crippen LogP contribution >= 0.6 is 12.4 Å². The molecule has 0 aliphatic carbocycles. The van der Waals surface area contributed by atoms with E-state index in [1.165, 1.54) is 16.9 Å². The molecule has 2 aromatic carbocycles. The normalized spacial score (nSPS) is 15.9. The number of benzene rings is 2. The van der Waals surface area contributed by atoms with Gasteiger partial charge in [-0.2, -0.15) is 0 Å². The zero-order chi connectivity index (χ0) is 13.4. The van der Waals surface area contributed by atoms with Gasteiger partial charge in [0.25, 0.3) is 0 Å². The maximum Gasteiger partial charge on any atom is 0.206 e. The summed E-state index contributed by atoms with van der Waals surface area (Å²) in [5.74, 6) is 1.11. The predicted molar refractivity (Wildman–Crippen MR) is 90.6 cm³/mol. The number of halogens is 1. The van der Waals surface area contributed by atoms with Crippen LogP contribution in [0.1, 0.15) is 12.0 Å². The summed E-state index contributed by atoms with van der Waals surface area (Å²) in [6.07, 6.45) is 1.14. The molecule has 2 heterocycles. The molecule has 0 amide bonds. The number of aliphatic imine (C=N–C) groups is 1. The van der Waals surface area contributed by atoms with Crippen LogP contribution < -0.4 is 9.80 Å². The van der Waals surface area contributed by atoms with Gasteiger partial charge in [-0.25, -0.2) is 0 Å². The van der Waals surface area contributed by atoms with Crippen molar-refractivity contribution in [1.29, 1.82) is 0 Å². The van der Waals surface area contributed by atoms with Crippen molar-refractivity contribution in [2.24, 2.45) is 4.99 Å². The molecule has 21 heavy (non-hydrogen) atoms. The summed E-state index contributed by atoms with van der Waals surface area (Å²) in [5, 5.41) is 0. The van der Waals surface area contributed by atoms with E-state index in [9.17, 15) is 0 Å². The average molecular weight is 300 g/mol. The lowest BCUT2D eigenvalue weighted by atomic mass is 10.2. The molecule has 0 atom stereocenters. The number of hydrogen-bond acceptors (Lipinski definition) is 3. The molecule has 3 nitrogen and oxygen atoms in total. The van der Waals surface area contributed by atoms with Crippen molar-refractivity contribution < 1.29 is 0 Å². The first kappa shape index (κ1) is 14.0. The Balaban J connectivity index is 0.00000132. The van der Waals surface area contributed by atoms with E-state index in [0.29, 0.717) is 0 Å². The third kappa shape index (κ3) is 2.38. The lowest BCUT2D eigenvalue weighted by Gasteiger charge is -2.26. The SMILES string of the molecule is Cl.c1ccc(CN2C3=NCCCN3c3ccccc32)cc1. The number of nitrogens with zero attached hydrogens (tertiary/aromatic N) is 3. The molecule has 0 saturated carbocycles. The second-order valence-corrected chi connectivity index (χ2v) is 5.25. The van der Waals surface area contributed by atoms with Crippen LogP contribution in [0.2, 0.25) is 0 Å². The van der Waals surface area contributed by atoms with Crippen LogP contribution in [0.5, 0.6) is 0 Å². The molecule has 2 aliphatic rings. The van der Waals surface area contributed by atoms with Gasteiger partial charge in [0, 0.05) is 13.1 Å². The Kier molecular flexibility index (Phi) is 3.84. The zero-order valence-electron chi connectivity index (χ0n) is 11.8. The van der Waals surface area contributed by atoms with Crippen LogP contribution in [0, 0.1) is 0 Å². The van der Waals surface area contributed by atoms with Gasteiger partial charge in [0.2, 0.25) is 5.96 Å². The van der Waals surface area contributed by atoms with Crippen LogP contribution in [0.15, 0.2) is 59.6 Å². The smallest absolute Gasteiger partial charge is 0.206 e. The van der Waals surface area contributed by atoms with Gasteiger partial charge >= 0.3 is 0 Å². The van der Waals surface area contributed by atoms with Crippen molar-refractivity contribution in [3.05, 3.63) is 60.2 Å². The fourth-order valence-electron chi connectivity index (χ4n) is 3.00. The van der Waals surface area contributed by atoms with E-state index in [0.717, 1.165) is 32.0 Å². The Labute approximate surface area is 131 Å². The minimum atomic E-state index is 0. The molecule has 0 radical (unpaired) electrons. The second kappa shape index (κ2) is 5.78. The second-order valence-electron chi connectivity index (χ2n) is 5.25. The Bertz CT molecular complexity index is 654.